The van der Waals surface area contributed by atoms with Gasteiger partial charge in [-0.2, -0.15) is 0 Å². The monoisotopic (exact) mass is 396 g/mol. The van der Waals surface area contributed by atoms with E-state index in [1.807, 2.05) is 6.92 Å². The van der Waals surface area contributed by atoms with Crippen LogP contribution in [0.3, 0.4) is 0 Å². The normalized spacial score (nSPS) is 13.0. The Bertz CT molecular complexity index is 628. The van der Waals surface area contributed by atoms with Crippen molar-refractivity contribution in [3.63, 3.8) is 0 Å². The molecule has 4 nitrogen and oxygen atoms in total. The predicted octanol–water partition coefficient (Wildman–Crippen LogP) is 4.28. The number of ether oxygens (including phenoxy) is 1. The van der Waals surface area contributed by atoms with Crippen LogP contribution in [0.4, 0.5) is 0 Å². The highest BCUT2D eigenvalue weighted by Crippen LogP contribution is 2.27. The second-order valence-corrected chi connectivity index (χ2v) is 8.46. The van der Waals surface area contributed by atoms with Crippen LogP contribution < -0.4 is 0 Å². The molecule has 0 N–H and O–H groups in total. The van der Waals surface area contributed by atoms with Gasteiger partial charge in [-0.05, 0) is 37.0 Å². The van der Waals surface area contributed by atoms with Crippen molar-refractivity contribution in [1.29, 1.82) is 0 Å². The first kappa shape index (κ1) is 18.5. The molecule has 0 heterocycles. The van der Waals surface area contributed by atoms with E-state index in [-0.39, 0.29) is 16.4 Å². The predicted molar refractivity (Wildman–Crippen MR) is 86.3 cm³/mol. The number of carbonyl (C=O) groups excluding carboxylic acids is 1. The van der Waals surface area contributed by atoms with Gasteiger partial charge in [-0.1, -0.05) is 36.2 Å². The second-order valence-electron chi connectivity index (χ2n) is 5.01. The highest BCUT2D eigenvalue weighted by atomic mass is 79.9. The van der Waals surface area contributed by atoms with Crippen molar-refractivity contribution in [2.24, 2.45) is 5.92 Å². The topological polar surface area (TPSA) is 60.4 Å². The number of halogens is 2. The molecule has 1 atom stereocenters. The molecule has 0 aliphatic rings. The number of rotatable bonds is 6. The van der Waals surface area contributed by atoms with Crippen molar-refractivity contribution in [3.8, 4) is 0 Å². The van der Waals surface area contributed by atoms with E-state index in [2.05, 4.69) is 22.9 Å². The highest BCUT2D eigenvalue weighted by Gasteiger charge is 2.21. The third-order valence-corrected chi connectivity index (χ3v) is 4.99. The quantitative estimate of drug-likeness (QED) is 0.531. The lowest BCUT2D eigenvalue weighted by atomic mass is 10.1. The molecule has 0 saturated heterocycles. The van der Waals surface area contributed by atoms with Crippen LogP contribution in [0, 0.1) is 12.8 Å². The third kappa shape index (κ3) is 5.27. The number of hydrogen-bond acceptors (Lipinski definition) is 4. The lowest BCUT2D eigenvalue weighted by Crippen LogP contribution is -2.14. The smallest absolute Gasteiger partial charge is 0.338 e. The van der Waals surface area contributed by atoms with Crippen LogP contribution in [0.25, 0.3) is 0 Å². The van der Waals surface area contributed by atoms with Crippen LogP contribution in [0.5, 0.6) is 0 Å². The molecule has 0 spiro atoms. The Morgan fingerprint density at radius 3 is 2.57 bits per heavy atom. The summed E-state index contributed by atoms with van der Waals surface area (Å²) < 4.78 is 28.8. The SMILES string of the molecule is CCCC(C)COC(=O)c1cc(Br)cc(S(=O)(=O)Cl)c1C. The molecule has 0 amide bonds. The summed E-state index contributed by atoms with van der Waals surface area (Å²) in [5.74, 6) is -0.277. The summed E-state index contributed by atoms with van der Waals surface area (Å²) in [6.07, 6.45) is 1.98. The zero-order chi connectivity index (χ0) is 16.2. The van der Waals surface area contributed by atoms with E-state index < -0.39 is 15.0 Å². The van der Waals surface area contributed by atoms with Crippen molar-refractivity contribution in [1.82, 2.24) is 0 Å². The molecule has 1 aromatic rings. The van der Waals surface area contributed by atoms with Gasteiger partial charge in [-0.25, -0.2) is 13.2 Å². The van der Waals surface area contributed by atoms with Gasteiger partial charge in [-0.15, -0.1) is 0 Å². The van der Waals surface area contributed by atoms with Gasteiger partial charge in [0, 0.05) is 15.2 Å². The molecule has 7 heteroatoms. The number of benzene rings is 1. The molecular formula is C14H18BrClO4S. The van der Waals surface area contributed by atoms with Gasteiger partial charge >= 0.3 is 5.97 Å². The molecule has 0 fully saturated rings. The minimum absolute atomic E-state index is 0.0906. The summed E-state index contributed by atoms with van der Waals surface area (Å²) in [5.41, 5.74) is 0.494. The van der Waals surface area contributed by atoms with Crippen molar-refractivity contribution < 1.29 is 17.9 Å². The van der Waals surface area contributed by atoms with Crippen LogP contribution >= 0.6 is 26.6 Å². The van der Waals surface area contributed by atoms with Crippen LogP contribution in [0.1, 0.15) is 42.6 Å². The Labute approximate surface area is 138 Å². The molecule has 0 aliphatic carbocycles. The summed E-state index contributed by atoms with van der Waals surface area (Å²) in [6.45, 7) is 5.91. The molecule has 0 aliphatic heterocycles. The minimum Gasteiger partial charge on any atom is -0.462 e. The first-order valence-electron chi connectivity index (χ1n) is 6.58. The fourth-order valence-corrected chi connectivity index (χ4v) is 3.82. The van der Waals surface area contributed by atoms with E-state index in [1.54, 1.807) is 0 Å². The standard InChI is InChI=1S/C14H18BrClO4S/c1-4-5-9(2)8-20-14(17)12-6-11(15)7-13(10(12)3)21(16,18)19/h6-7,9H,4-5,8H2,1-3H3. The average molecular weight is 398 g/mol. The second kappa shape index (κ2) is 7.61. The van der Waals surface area contributed by atoms with Gasteiger partial charge in [0.05, 0.1) is 17.1 Å². The summed E-state index contributed by atoms with van der Waals surface area (Å²) >= 11 is 3.18. The highest BCUT2D eigenvalue weighted by molar-refractivity contribution is 9.10. The van der Waals surface area contributed by atoms with Crippen LogP contribution in [-0.4, -0.2) is 21.0 Å². The molecule has 21 heavy (non-hydrogen) atoms. The fourth-order valence-electron chi connectivity index (χ4n) is 1.99. The Balaban J connectivity index is 3.03. The van der Waals surface area contributed by atoms with Crippen molar-refractivity contribution >= 4 is 41.6 Å². The lowest BCUT2D eigenvalue weighted by molar-refractivity contribution is 0.0442. The van der Waals surface area contributed by atoms with E-state index in [9.17, 15) is 13.2 Å². The van der Waals surface area contributed by atoms with Crippen molar-refractivity contribution in [3.05, 3.63) is 27.7 Å². The number of hydrogen-bond donors (Lipinski definition) is 0. The van der Waals surface area contributed by atoms with Gasteiger partial charge in [0.2, 0.25) is 0 Å². The van der Waals surface area contributed by atoms with Crippen LogP contribution in [-0.2, 0) is 13.8 Å². The molecule has 1 aromatic carbocycles. The first-order valence-corrected chi connectivity index (χ1v) is 9.69. The van der Waals surface area contributed by atoms with E-state index in [0.29, 0.717) is 16.6 Å². The Hall–Kier alpha value is -0.590. The maximum absolute atomic E-state index is 12.1. The molecular weight excluding hydrogens is 380 g/mol. The number of carbonyl (C=O) groups is 1. The van der Waals surface area contributed by atoms with E-state index in [4.69, 9.17) is 15.4 Å². The van der Waals surface area contributed by atoms with Gasteiger partial charge in [-0.3, -0.25) is 0 Å². The lowest BCUT2D eigenvalue weighted by Gasteiger charge is -2.13. The van der Waals surface area contributed by atoms with Gasteiger partial charge in [0.15, 0.2) is 0 Å². The van der Waals surface area contributed by atoms with Crippen molar-refractivity contribution in [2.45, 2.75) is 38.5 Å². The Kier molecular flexibility index (Phi) is 6.69. The third-order valence-electron chi connectivity index (χ3n) is 3.09. The number of esters is 1. The zero-order valence-corrected chi connectivity index (χ0v) is 15.3. The summed E-state index contributed by atoms with van der Waals surface area (Å²) in [4.78, 5) is 12.0. The van der Waals surface area contributed by atoms with Crippen molar-refractivity contribution in [2.75, 3.05) is 6.61 Å². The van der Waals surface area contributed by atoms with E-state index >= 15 is 0 Å². The summed E-state index contributed by atoms with van der Waals surface area (Å²) in [5, 5.41) is 0. The van der Waals surface area contributed by atoms with Gasteiger partial charge in [0.25, 0.3) is 9.05 Å². The maximum Gasteiger partial charge on any atom is 0.338 e. The summed E-state index contributed by atoms with van der Waals surface area (Å²) in [7, 11) is 1.46. The molecule has 0 aromatic heterocycles. The largest absolute Gasteiger partial charge is 0.462 e. The maximum atomic E-state index is 12.1. The molecule has 1 rings (SSSR count). The average Bonchev–Trinajstić information content (AvgIpc) is 2.37. The molecule has 0 saturated carbocycles. The van der Waals surface area contributed by atoms with Crippen LogP contribution in [0.15, 0.2) is 21.5 Å². The van der Waals surface area contributed by atoms with E-state index in [0.717, 1.165) is 12.8 Å². The van der Waals surface area contributed by atoms with Gasteiger partial charge in [0.1, 0.15) is 0 Å². The molecule has 0 bridgehead atoms. The minimum atomic E-state index is -3.92. The Morgan fingerprint density at radius 1 is 1.43 bits per heavy atom. The molecule has 0 radical (unpaired) electrons. The Morgan fingerprint density at radius 2 is 2.05 bits per heavy atom. The van der Waals surface area contributed by atoms with Crippen LogP contribution in [0.2, 0.25) is 0 Å². The summed E-state index contributed by atoms with van der Waals surface area (Å²) in [6, 6.07) is 2.90. The fraction of sp³-hybridized carbons (Fsp3) is 0.500. The van der Waals surface area contributed by atoms with E-state index in [1.165, 1.54) is 19.1 Å². The van der Waals surface area contributed by atoms with Gasteiger partial charge < -0.3 is 4.74 Å². The zero-order valence-electron chi connectivity index (χ0n) is 12.2. The first-order chi connectivity index (χ1) is 9.66. The molecule has 118 valence electrons. The molecule has 1 unspecified atom stereocenters.